The summed E-state index contributed by atoms with van der Waals surface area (Å²) in [6.07, 6.45) is 4.46. The molecule has 0 aromatic carbocycles. The van der Waals surface area contributed by atoms with Crippen LogP contribution < -0.4 is 5.32 Å². The second kappa shape index (κ2) is 4.97. The van der Waals surface area contributed by atoms with Crippen LogP contribution in [-0.4, -0.2) is 29.0 Å². The van der Waals surface area contributed by atoms with E-state index in [2.05, 4.69) is 30.5 Å². The zero-order valence-electron chi connectivity index (χ0n) is 10.4. The van der Waals surface area contributed by atoms with Crippen molar-refractivity contribution in [3.8, 4) is 0 Å². The van der Waals surface area contributed by atoms with E-state index in [4.69, 9.17) is 4.74 Å². The number of ether oxygens (including phenoxy) is 1. The fourth-order valence-corrected chi connectivity index (χ4v) is 2.42. The van der Waals surface area contributed by atoms with Gasteiger partial charge in [0.1, 0.15) is 0 Å². The number of nitrogens with one attached hydrogen (secondary N) is 1. The average molecular weight is 223 g/mol. The highest BCUT2D eigenvalue weighted by atomic mass is 16.5. The predicted molar refractivity (Wildman–Crippen MR) is 63.3 cm³/mol. The summed E-state index contributed by atoms with van der Waals surface area (Å²) in [5.41, 5.74) is 2.33. The van der Waals surface area contributed by atoms with Crippen molar-refractivity contribution in [2.45, 2.75) is 38.8 Å². The Balaban J connectivity index is 2.06. The molecule has 1 N–H and O–H groups in total. The number of aryl methyl sites for hydroxylation is 2. The largest absolute Gasteiger partial charge is 0.373 e. The van der Waals surface area contributed by atoms with Crippen molar-refractivity contribution in [1.29, 1.82) is 0 Å². The van der Waals surface area contributed by atoms with Gasteiger partial charge in [-0.15, -0.1) is 0 Å². The van der Waals surface area contributed by atoms with E-state index < -0.39 is 0 Å². The number of nitrogens with zero attached hydrogens (tertiary/aromatic N) is 2. The van der Waals surface area contributed by atoms with Gasteiger partial charge in [-0.05, 0) is 26.3 Å². The van der Waals surface area contributed by atoms with Crippen LogP contribution in [-0.2, 0) is 11.8 Å². The van der Waals surface area contributed by atoms with Gasteiger partial charge in [-0.3, -0.25) is 4.68 Å². The molecule has 2 unspecified atom stereocenters. The van der Waals surface area contributed by atoms with Crippen LogP contribution in [0.15, 0.2) is 6.20 Å². The molecule has 4 nitrogen and oxygen atoms in total. The van der Waals surface area contributed by atoms with E-state index in [1.165, 1.54) is 5.56 Å². The zero-order valence-corrected chi connectivity index (χ0v) is 10.4. The molecule has 1 fully saturated rings. The molecule has 1 aromatic heterocycles. The topological polar surface area (TPSA) is 39.1 Å². The third-order valence-electron chi connectivity index (χ3n) is 3.18. The number of hydrogen-bond donors (Lipinski definition) is 1. The maximum absolute atomic E-state index is 5.84. The maximum Gasteiger partial charge on any atom is 0.0872 e. The van der Waals surface area contributed by atoms with E-state index in [1.807, 2.05) is 11.7 Å². The van der Waals surface area contributed by atoms with Gasteiger partial charge >= 0.3 is 0 Å². The molecular weight excluding hydrogens is 202 g/mol. The average Bonchev–Trinajstić information content (AvgIpc) is 2.59. The Morgan fingerprint density at radius 1 is 1.62 bits per heavy atom. The fourth-order valence-electron chi connectivity index (χ4n) is 2.42. The highest BCUT2D eigenvalue weighted by molar-refractivity contribution is 5.19. The monoisotopic (exact) mass is 223 g/mol. The molecule has 0 amide bonds. The van der Waals surface area contributed by atoms with Gasteiger partial charge in [0.05, 0.1) is 11.8 Å². The minimum absolute atomic E-state index is 0.214. The van der Waals surface area contributed by atoms with Crippen molar-refractivity contribution >= 4 is 0 Å². The summed E-state index contributed by atoms with van der Waals surface area (Å²) in [6.45, 7) is 6.08. The van der Waals surface area contributed by atoms with E-state index in [-0.39, 0.29) is 6.10 Å². The number of hydrogen-bond acceptors (Lipinski definition) is 3. The van der Waals surface area contributed by atoms with Crippen LogP contribution in [0.1, 0.15) is 37.1 Å². The van der Waals surface area contributed by atoms with Gasteiger partial charge in [0.2, 0.25) is 0 Å². The minimum atomic E-state index is 0.214. The standard InChI is InChI=1S/C12H21N3O/c1-4-13-10-5-6-16-12(7-10)11-8-15(3)14-9(11)2/h8,10,12-13H,4-7H2,1-3H3. The Morgan fingerprint density at radius 3 is 3.06 bits per heavy atom. The van der Waals surface area contributed by atoms with E-state index in [9.17, 15) is 0 Å². The Hall–Kier alpha value is -0.870. The van der Waals surface area contributed by atoms with E-state index in [0.717, 1.165) is 31.7 Å². The summed E-state index contributed by atoms with van der Waals surface area (Å²) in [4.78, 5) is 0. The molecule has 1 aromatic rings. The van der Waals surface area contributed by atoms with Crippen molar-refractivity contribution in [3.63, 3.8) is 0 Å². The molecule has 2 heterocycles. The molecule has 0 radical (unpaired) electrons. The summed E-state index contributed by atoms with van der Waals surface area (Å²) in [7, 11) is 1.96. The first-order chi connectivity index (χ1) is 7.70. The molecule has 2 rings (SSSR count). The third-order valence-corrected chi connectivity index (χ3v) is 3.18. The Labute approximate surface area is 97.0 Å². The lowest BCUT2D eigenvalue weighted by atomic mass is 9.98. The first-order valence-electron chi connectivity index (χ1n) is 6.05. The van der Waals surface area contributed by atoms with Gasteiger partial charge in [-0.25, -0.2) is 0 Å². The molecule has 4 heteroatoms. The van der Waals surface area contributed by atoms with E-state index in [1.54, 1.807) is 0 Å². The molecular formula is C12H21N3O. The summed E-state index contributed by atoms with van der Waals surface area (Å²) in [5.74, 6) is 0. The van der Waals surface area contributed by atoms with Crippen LogP contribution in [0.3, 0.4) is 0 Å². The van der Waals surface area contributed by atoms with Crippen molar-refractivity contribution < 1.29 is 4.74 Å². The SMILES string of the molecule is CCNC1CCOC(c2cn(C)nc2C)C1. The molecule has 0 spiro atoms. The molecule has 0 aliphatic carbocycles. The van der Waals surface area contributed by atoms with Crippen LogP contribution in [0.25, 0.3) is 0 Å². The van der Waals surface area contributed by atoms with Crippen LogP contribution in [0.4, 0.5) is 0 Å². The van der Waals surface area contributed by atoms with Gasteiger partial charge in [0.25, 0.3) is 0 Å². The van der Waals surface area contributed by atoms with E-state index in [0.29, 0.717) is 6.04 Å². The fraction of sp³-hybridized carbons (Fsp3) is 0.750. The molecule has 1 aliphatic heterocycles. The van der Waals surface area contributed by atoms with Gasteiger partial charge in [0.15, 0.2) is 0 Å². The Bertz CT molecular complexity index is 346. The third kappa shape index (κ3) is 2.44. The zero-order chi connectivity index (χ0) is 11.5. The summed E-state index contributed by atoms with van der Waals surface area (Å²) < 4.78 is 7.71. The lowest BCUT2D eigenvalue weighted by Crippen LogP contribution is -2.35. The minimum Gasteiger partial charge on any atom is -0.373 e. The van der Waals surface area contributed by atoms with Crippen LogP contribution >= 0.6 is 0 Å². The second-order valence-electron chi connectivity index (χ2n) is 4.48. The highest BCUT2D eigenvalue weighted by Gasteiger charge is 2.25. The smallest absolute Gasteiger partial charge is 0.0872 e. The van der Waals surface area contributed by atoms with Crippen molar-refractivity contribution in [2.75, 3.05) is 13.2 Å². The van der Waals surface area contributed by atoms with E-state index >= 15 is 0 Å². The van der Waals surface area contributed by atoms with Gasteiger partial charge in [0, 0.05) is 31.5 Å². The van der Waals surface area contributed by atoms with Crippen molar-refractivity contribution in [1.82, 2.24) is 15.1 Å². The summed E-state index contributed by atoms with van der Waals surface area (Å²) in [6, 6.07) is 0.586. The lowest BCUT2D eigenvalue weighted by molar-refractivity contribution is 0.000223. The first kappa shape index (κ1) is 11.6. The van der Waals surface area contributed by atoms with Gasteiger partial charge in [-0.1, -0.05) is 6.92 Å². The predicted octanol–water partition coefficient (Wildman–Crippen LogP) is 1.56. The van der Waals surface area contributed by atoms with Crippen molar-refractivity contribution in [2.24, 2.45) is 7.05 Å². The summed E-state index contributed by atoms with van der Waals surface area (Å²) >= 11 is 0. The highest BCUT2D eigenvalue weighted by Crippen LogP contribution is 2.29. The Kier molecular flexibility index (Phi) is 3.61. The second-order valence-corrected chi connectivity index (χ2v) is 4.48. The first-order valence-corrected chi connectivity index (χ1v) is 6.05. The maximum atomic E-state index is 5.84. The van der Waals surface area contributed by atoms with Crippen LogP contribution in [0.2, 0.25) is 0 Å². The Morgan fingerprint density at radius 2 is 2.44 bits per heavy atom. The number of aromatic nitrogens is 2. The quantitative estimate of drug-likeness (QED) is 0.845. The van der Waals surface area contributed by atoms with Crippen LogP contribution in [0, 0.1) is 6.92 Å². The molecule has 0 saturated carbocycles. The number of rotatable bonds is 3. The summed E-state index contributed by atoms with van der Waals surface area (Å²) in [5, 5.41) is 7.88. The molecule has 90 valence electrons. The lowest BCUT2D eigenvalue weighted by Gasteiger charge is -2.29. The molecule has 0 bridgehead atoms. The molecule has 2 atom stereocenters. The molecule has 1 aliphatic rings. The van der Waals surface area contributed by atoms with Gasteiger partial charge < -0.3 is 10.1 Å². The van der Waals surface area contributed by atoms with Gasteiger partial charge in [-0.2, -0.15) is 5.10 Å². The molecule has 1 saturated heterocycles. The van der Waals surface area contributed by atoms with Crippen LogP contribution in [0.5, 0.6) is 0 Å². The van der Waals surface area contributed by atoms with Crippen molar-refractivity contribution in [3.05, 3.63) is 17.5 Å². The molecule has 16 heavy (non-hydrogen) atoms. The normalized spacial score (nSPS) is 25.9.